The van der Waals surface area contributed by atoms with Gasteiger partial charge in [-0.15, -0.1) is 0 Å². The van der Waals surface area contributed by atoms with Crippen LogP contribution in [0.4, 0.5) is 4.39 Å². The lowest BCUT2D eigenvalue weighted by Gasteiger charge is -2.19. The van der Waals surface area contributed by atoms with Gasteiger partial charge in [-0.3, -0.25) is 0 Å². The normalized spacial score (nSPS) is 21.8. The van der Waals surface area contributed by atoms with Gasteiger partial charge in [0.05, 0.1) is 0 Å². The molecule has 2 rings (SSSR count). The highest BCUT2D eigenvalue weighted by atomic mass is 19.1. The summed E-state index contributed by atoms with van der Waals surface area (Å²) in [5.41, 5.74) is 2.97. The van der Waals surface area contributed by atoms with E-state index in [0.717, 1.165) is 29.7 Å². The van der Waals surface area contributed by atoms with Crippen LogP contribution in [-0.2, 0) is 0 Å². The molecule has 1 heterocycles. The van der Waals surface area contributed by atoms with Gasteiger partial charge in [-0.2, -0.15) is 0 Å². The topological polar surface area (TPSA) is 12.0 Å². The van der Waals surface area contributed by atoms with Gasteiger partial charge >= 0.3 is 0 Å². The fraction of sp³-hybridized carbons (Fsp3) is 0.571. The van der Waals surface area contributed by atoms with Gasteiger partial charge in [-0.25, -0.2) is 4.39 Å². The second-order valence-electron chi connectivity index (χ2n) is 4.83. The van der Waals surface area contributed by atoms with Crippen LogP contribution >= 0.6 is 0 Å². The highest BCUT2D eigenvalue weighted by molar-refractivity contribution is 5.34. The second kappa shape index (κ2) is 4.96. The summed E-state index contributed by atoms with van der Waals surface area (Å²) in [6.07, 6.45) is 4.73. The maximum absolute atomic E-state index is 14.0. The van der Waals surface area contributed by atoms with Crippen LogP contribution in [0.2, 0.25) is 0 Å². The summed E-state index contributed by atoms with van der Waals surface area (Å²) in [4.78, 5) is 0. The number of benzene rings is 1. The first-order valence-corrected chi connectivity index (χ1v) is 6.18. The summed E-state index contributed by atoms with van der Waals surface area (Å²) < 4.78 is 14.0. The zero-order valence-corrected chi connectivity index (χ0v) is 10.1. The molecule has 16 heavy (non-hydrogen) atoms. The van der Waals surface area contributed by atoms with E-state index in [1.165, 1.54) is 19.3 Å². The SMILES string of the molecule is Cc1cc(C)c(C2CCCCCN2)c(F)c1. The molecule has 1 fully saturated rings. The average molecular weight is 221 g/mol. The molecule has 88 valence electrons. The summed E-state index contributed by atoms with van der Waals surface area (Å²) in [7, 11) is 0. The Labute approximate surface area is 97.1 Å². The minimum absolute atomic E-state index is 0.0445. The van der Waals surface area contributed by atoms with Crippen molar-refractivity contribution in [2.45, 2.75) is 45.6 Å². The minimum atomic E-state index is -0.0445. The minimum Gasteiger partial charge on any atom is -0.310 e. The fourth-order valence-corrected chi connectivity index (χ4v) is 2.64. The van der Waals surface area contributed by atoms with Crippen LogP contribution in [-0.4, -0.2) is 6.54 Å². The summed E-state index contributed by atoms with van der Waals surface area (Å²) >= 11 is 0. The molecule has 0 saturated carbocycles. The van der Waals surface area contributed by atoms with Gasteiger partial charge in [0.15, 0.2) is 0 Å². The molecule has 1 N–H and O–H groups in total. The van der Waals surface area contributed by atoms with Crippen molar-refractivity contribution in [1.82, 2.24) is 5.32 Å². The predicted molar refractivity (Wildman–Crippen MR) is 65.1 cm³/mol. The van der Waals surface area contributed by atoms with E-state index in [1.54, 1.807) is 6.07 Å². The first kappa shape index (κ1) is 11.6. The fourth-order valence-electron chi connectivity index (χ4n) is 2.64. The van der Waals surface area contributed by atoms with Crippen molar-refractivity contribution in [3.63, 3.8) is 0 Å². The summed E-state index contributed by atoms with van der Waals surface area (Å²) in [6, 6.07) is 3.93. The number of hydrogen-bond donors (Lipinski definition) is 1. The molecular formula is C14H20FN. The summed E-state index contributed by atoms with van der Waals surface area (Å²) in [6.45, 7) is 4.97. The van der Waals surface area contributed by atoms with Gasteiger partial charge < -0.3 is 5.32 Å². The standard InChI is InChI=1S/C14H20FN/c1-10-8-11(2)14(12(15)9-10)13-6-4-3-5-7-16-13/h8-9,13,16H,3-7H2,1-2H3. The van der Waals surface area contributed by atoms with Gasteiger partial charge in [0, 0.05) is 11.6 Å². The number of halogens is 1. The smallest absolute Gasteiger partial charge is 0.128 e. The van der Waals surface area contributed by atoms with E-state index in [9.17, 15) is 4.39 Å². The Morgan fingerprint density at radius 1 is 1.19 bits per heavy atom. The van der Waals surface area contributed by atoms with Gasteiger partial charge in [0.1, 0.15) is 5.82 Å². The van der Waals surface area contributed by atoms with Crippen molar-refractivity contribution in [2.24, 2.45) is 0 Å². The lowest BCUT2D eigenvalue weighted by molar-refractivity contribution is 0.495. The maximum atomic E-state index is 14.0. The number of nitrogens with one attached hydrogen (secondary N) is 1. The number of hydrogen-bond acceptors (Lipinski definition) is 1. The van der Waals surface area contributed by atoms with Crippen LogP contribution < -0.4 is 5.32 Å². The van der Waals surface area contributed by atoms with Crippen LogP contribution in [0.15, 0.2) is 12.1 Å². The Hall–Kier alpha value is -0.890. The number of rotatable bonds is 1. The molecule has 1 aromatic carbocycles. The molecule has 0 bridgehead atoms. The van der Waals surface area contributed by atoms with Gasteiger partial charge in [-0.1, -0.05) is 18.9 Å². The van der Waals surface area contributed by atoms with E-state index >= 15 is 0 Å². The Bertz CT molecular complexity index is 342. The molecular weight excluding hydrogens is 201 g/mol. The van der Waals surface area contributed by atoms with Crippen LogP contribution in [0.1, 0.15) is 48.4 Å². The van der Waals surface area contributed by atoms with E-state index < -0.39 is 0 Å². The molecule has 0 aliphatic carbocycles. The summed E-state index contributed by atoms with van der Waals surface area (Å²) in [5, 5.41) is 3.46. The molecule has 1 saturated heterocycles. The molecule has 2 heteroatoms. The van der Waals surface area contributed by atoms with E-state index in [4.69, 9.17) is 0 Å². The average Bonchev–Trinajstić information content (AvgIpc) is 2.44. The third kappa shape index (κ3) is 2.43. The quantitative estimate of drug-likeness (QED) is 0.763. The van der Waals surface area contributed by atoms with Crippen molar-refractivity contribution < 1.29 is 4.39 Å². The van der Waals surface area contributed by atoms with Crippen molar-refractivity contribution in [2.75, 3.05) is 6.54 Å². The zero-order chi connectivity index (χ0) is 11.5. The van der Waals surface area contributed by atoms with Crippen LogP contribution in [0.3, 0.4) is 0 Å². The van der Waals surface area contributed by atoms with Gasteiger partial charge in [0.25, 0.3) is 0 Å². The van der Waals surface area contributed by atoms with Crippen molar-refractivity contribution in [3.05, 3.63) is 34.6 Å². The Morgan fingerprint density at radius 3 is 2.75 bits per heavy atom. The molecule has 1 unspecified atom stereocenters. The van der Waals surface area contributed by atoms with Crippen LogP contribution in [0.5, 0.6) is 0 Å². The Morgan fingerprint density at radius 2 is 2.00 bits per heavy atom. The third-order valence-electron chi connectivity index (χ3n) is 3.39. The molecule has 1 aliphatic rings. The van der Waals surface area contributed by atoms with E-state index in [2.05, 4.69) is 11.4 Å². The first-order chi connectivity index (χ1) is 7.68. The lowest BCUT2D eigenvalue weighted by atomic mass is 9.95. The first-order valence-electron chi connectivity index (χ1n) is 6.18. The molecule has 1 aromatic rings. The van der Waals surface area contributed by atoms with E-state index in [1.807, 2.05) is 13.8 Å². The largest absolute Gasteiger partial charge is 0.310 e. The highest BCUT2D eigenvalue weighted by Gasteiger charge is 2.19. The monoisotopic (exact) mass is 221 g/mol. The molecule has 0 spiro atoms. The van der Waals surface area contributed by atoms with Crippen molar-refractivity contribution >= 4 is 0 Å². The summed E-state index contributed by atoms with van der Waals surface area (Å²) in [5.74, 6) is -0.0445. The molecule has 0 amide bonds. The number of aryl methyl sites for hydroxylation is 2. The Balaban J connectivity index is 2.31. The third-order valence-corrected chi connectivity index (χ3v) is 3.39. The van der Waals surface area contributed by atoms with Gasteiger partial charge in [-0.05, 0) is 50.4 Å². The molecule has 1 aliphatic heterocycles. The zero-order valence-electron chi connectivity index (χ0n) is 10.1. The van der Waals surface area contributed by atoms with Gasteiger partial charge in [0.2, 0.25) is 0 Å². The van der Waals surface area contributed by atoms with Crippen LogP contribution in [0, 0.1) is 19.7 Å². The van der Waals surface area contributed by atoms with E-state index in [0.29, 0.717) is 0 Å². The second-order valence-corrected chi connectivity index (χ2v) is 4.83. The van der Waals surface area contributed by atoms with Crippen molar-refractivity contribution in [3.8, 4) is 0 Å². The highest BCUT2D eigenvalue weighted by Crippen LogP contribution is 2.28. The Kier molecular flexibility index (Phi) is 3.59. The van der Waals surface area contributed by atoms with Crippen LogP contribution in [0.25, 0.3) is 0 Å². The maximum Gasteiger partial charge on any atom is 0.128 e. The molecule has 1 nitrogen and oxygen atoms in total. The lowest BCUT2D eigenvalue weighted by Crippen LogP contribution is -2.22. The van der Waals surface area contributed by atoms with E-state index in [-0.39, 0.29) is 11.9 Å². The van der Waals surface area contributed by atoms with Crippen molar-refractivity contribution in [1.29, 1.82) is 0 Å². The molecule has 0 radical (unpaired) electrons. The predicted octanol–water partition coefficient (Wildman–Crippen LogP) is 3.65. The molecule has 0 aromatic heterocycles. The molecule has 1 atom stereocenters.